The van der Waals surface area contributed by atoms with Crippen molar-refractivity contribution in [2.24, 2.45) is 5.73 Å². The molecule has 5 nitrogen and oxygen atoms in total. The highest BCUT2D eigenvalue weighted by molar-refractivity contribution is 7.89. The van der Waals surface area contributed by atoms with Crippen molar-refractivity contribution in [3.8, 4) is 0 Å². The third-order valence-electron chi connectivity index (χ3n) is 2.81. The van der Waals surface area contributed by atoms with Crippen molar-refractivity contribution in [2.75, 3.05) is 11.9 Å². The maximum absolute atomic E-state index is 12.2. The van der Waals surface area contributed by atoms with Crippen molar-refractivity contribution in [3.05, 3.63) is 24.3 Å². The van der Waals surface area contributed by atoms with E-state index in [1.165, 1.54) is 0 Å². The van der Waals surface area contributed by atoms with Gasteiger partial charge in [0.2, 0.25) is 10.0 Å². The first-order valence-electron chi connectivity index (χ1n) is 6.42. The second-order valence-electron chi connectivity index (χ2n) is 5.73. The van der Waals surface area contributed by atoms with Gasteiger partial charge in [0.1, 0.15) is 4.90 Å². The van der Waals surface area contributed by atoms with E-state index in [0.29, 0.717) is 12.2 Å². The Labute approximate surface area is 114 Å². The lowest BCUT2D eigenvalue weighted by Crippen LogP contribution is -2.40. The van der Waals surface area contributed by atoms with Crippen LogP contribution in [0, 0.1) is 0 Å². The van der Waals surface area contributed by atoms with Crippen molar-refractivity contribution >= 4 is 15.7 Å². The van der Waals surface area contributed by atoms with E-state index < -0.39 is 15.6 Å². The molecular formula is C13H21N3O2S. The molecule has 6 heteroatoms. The standard InChI is InChI=1S/C13H21N3O2S/c1-13(2,14)9-15-11-5-3-4-6-12(11)19(17,18)16-10-7-8-10/h3-6,10,15-16H,7-9,14H2,1-2H3. The van der Waals surface area contributed by atoms with Crippen LogP contribution in [-0.4, -0.2) is 26.5 Å². The molecule has 1 saturated carbocycles. The highest BCUT2D eigenvalue weighted by Gasteiger charge is 2.29. The highest BCUT2D eigenvalue weighted by Crippen LogP contribution is 2.26. The molecule has 0 saturated heterocycles. The Bertz CT molecular complexity index is 545. The molecule has 4 N–H and O–H groups in total. The Morgan fingerprint density at radius 3 is 2.53 bits per heavy atom. The first-order chi connectivity index (χ1) is 8.78. The average molecular weight is 283 g/mol. The molecular weight excluding hydrogens is 262 g/mol. The van der Waals surface area contributed by atoms with E-state index in [2.05, 4.69) is 10.0 Å². The van der Waals surface area contributed by atoms with E-state index in [0.717, 1.165) is 12.8 Å². The van der Waals surface area contributed by atoms with Crippen molar-refractivity contribution in [1.82, 2.24) is 4.72 Å². The van der Waals surface area contributed by atoms with Crippen LogP contribution in [0.15, 0.2) is 29.2 Å². The Kier molecular flexibility index (Phi) is 3.85. The lowest BCUT2D eigenvalue weighted by atomic mass is 10.1. The quantitative estimate of drug-likeness (QED) is 0.734. The van der Waals surface area contributed by atoms with Crippen molar-refractivity contribution < 1.29 is 8.42 Å². The van der Waals surface area contributed by atoms with Crippen LogP contribution < -0.4 is 15.8 Å². The second-order valence-corrected chi connectivity index (χ2v) is 7.42. The summed E-state index contributed by atoms with van der Waals surface area (Å²) in [5.41, 5.74) is 6.10. The minimum atomic E-state index is -3.45. The van der Waals surface area contributed by atoms with Gasteiger partial charge in [-0.15, -0.1) is 0 Å². The van der Waals surface area contributed by atoms with Gasteiger partial charge in [-0.05, 0) is 38.8 Å². The molecule has 0 aliphatic heterocycles. The Balaban J connectivity index is 2.20. The summed E-state index contributed by atoms with van der Waals surface area (Å²) in [5.74, 6) is 0. The molecule has 0 atom stereocenters. The number of sulfonamides is 1. The molecule has 0 bridgehead atoms. The van der Waals surface area contributed by atoms with Gasteiger partial charge in [-0.3, -0.25) is 0 Å². The molecule has 1 aliphatic carbocycles. The summed E-state index contributed by atoms with van der Waals surface area (Å²) in [5, 5.41) is 3.11. The number of benzene rings is 1. The zero-order chi connectivity index (χ0) is 14.1. The van der Waals surface area contributed by atoms with Gasteiger partial charge in [0, 0.05) is 18.1 Å². The fourth-order valence-electron chi connectivity index (χ4n) is 1.65. The van der Waals surface area contributed by atoms with Gasteiger partial charge in [0.05, 0.1) is 5.69 Å². The van der Waals surface area contributed by atoms with Gasteiger partial charge in [0.15, 0.2) is 0 Å². The van der Waals surface area contributed by atoms with Gasteiger partial charge in [-0.2, -0.15) is 0 Å². The molecule has 0 spiro atoms. The van der Waals surface area contributed by atoms with E-state index >= 15 is 0 Å². The van der Waals surface area contributed by atoms with Crippen LogP contribution in [0.3, 0.4) is 0 Å². The summed E-state index contributed by atoms with van der Waals surface area (Å²) in [6.45, 7) is 4.28. The summed E-state index contributed by atoms with van der Waals surface area (Å²) in [4.78, 5) is 0.283. The molecule has 0 amide bonds. The minimum absolute atomic E-state index is 0.101. The molecule has 1 aromatic rings. The van der Waals surface area contributed by atoms with Gasteiger partial charge < -0.3 is 11.1 Å². The largest absolute Gasteiger partial charge is 0.382 e. The molecule has 19 heavy (non-hydrogen) atoms. The van der Waals surface area contributed by atoms with E-state index in [-0.39, 0.29) is 10.9 Å². The number of nitrogens with one attached hydrogen (secondary N) is 2. The van der Waals surface area contributed by atoms with Crippen LogP contribution in [-0.2, 0) is 10.0 Å². The monoisotopic (exact) mass is 283 g/mol. The summed E-state index contributed by atoms with van der Waals surface area (Å²) in [7, 11) is -3.45. The first kappa shape index (κ1) is 14.3. The molecule has 0 radical (unpaired) electrons. The third kappa shape index (κ3) is 4.19. The number of rotatable bonds is 6. The zero-order valence-electron chi connectivity index (χ0n) is 11.3. The highest BCUT2D eigenvalue weighted by atomic mass is 32.2. The van der Waals surface area contributed by atoms with Crippen LogP contribution in [0.5, 0.6) is 0 Å². The van der Waals surface area contributed by atoms with E-state index in [1.54, 1.807) is 18.2 Å². The number of para-hydroxylation sites is 1. The lowest BCUT2D eigenvalue weighted by Gasteiger charge is -2.21. The van der Waals surface area contributed by atoms with Crippen LogP contribution >= 0.6 is 0 Å². The average Bonchev–Trinajstić information content (AvgIpc) is 3.09. The Morgan fingerprint density at radius 2 is 1.95 bits per heavy atom. The lowest BCUT2D eigenvalue weighted by molar-refractivity contribution is 0.548. The fourth-order valence-corrected chi connectivity index (χ4v) is 3.14. The predicted octanol–water partition coefficient (Wildman–Crippen LogP) is 1.28. The Morgan fingerprint density at radius 1 is 1.32 bits per heavy atom. The predicted molar refractivity (Wildman–Crippen MR) is 76.5 cm³/mol. The molecule has 1 aliphatic rings. The summed E-state index contributed by atoms with van der Waals surface area (Å²) in [6, 6.07) is 7.00. The van der Waals surface area contributed by atoms with E-state index in [9.17, 15) is 8.42 Å². The smallest absolute Gasteiger partial charge is 0.242 e. The zero-order valence-corrected chi connectivity index (χ0v) is 12.1. The van der Waals surface area contributed by atoms with Crippen LogP contribution in [0.2, 0.25) is 0 Å². The van der Waals surface area contributed by atoms with Crippen LogP contribution in [0.25, 0.3) is 0 Å². The van der Waals surface area contributed by atoms with Crippen LogP contribution in [0.4, 0.5) is 5.69 Å². The second kappa shape index (κ2) is 5.11. The molecule has 1 fully saturated rings. The van der Waals surface area contributed by atoms with Crippen molar-refractivity contribution in [1.29, 1.82) is 0 Å². The van der Waals surface area contributed by atoms with E-state index in [1.807, 2.05) is 19.9 Å². The molecule has 0 unspecified atom stereocenters. The van der Waals surface area contributed by atoms with Crippen molar-refractivity contribution in [3.63, 3.8) is 0 Å². The molecule has 0 aromatic heterocycles. The molecule has 0 heterocycles. The summed E-state index contributed by atoms with van der Waals surface area (Å²) in [6.07, 6.45) is 1.84. The topological polar surface area (TPSA) is 84.2 Å². The maximum atomic E-state index is 12.2. The third-order valence-corrected chi connectivity index (χ3v) is 4.39. The maximum Gasteiger partial charge on any atom is 0.242 e. The van der Waals surface area contributed by atoms with Gasteiger partial charge in [-0.25, -0.2) is 13.1 Å². The minimum Gasteiger partial charge on any atom is -0.382 e. The van der Waals surface area contributed by atoms with E-state index in [4.69, 9.17) is 5.73 Å². The molecule has 106 valence electrons. The Hall–Kier alpha value is -1.11. The van der Waals surface area contributed by atoms with Gasteiger partial charge in [0.25, 0.3) is 0 Å². The summed E-state index contributed by atoms with van der Waals surface area (Å²) >= 11 is 0. The van der Waals surface area contributed by atoms with Crippen LogP contribution in [0.1, 0.15) is 26.7 Å². The number of nitrogens with two attached hydrogens (primary N) is 1. The first-order valence-corrected chi connectivity index (χ1v) is 7.90. The molecule has 2 rings (SSSR count). The SMILES string of the molecule is CC(C)(N)CNc1ccccc1S(=O)(=O)NC1CC1. The van der Waals surface area contributed by atoms with Gasteiger partial charge >= 0.3 is 0 Å². The van der Waals surface area contributed by atoms with Crippen molar-refractivity contribution in [2.45, 2.75) is 43.2 Å². The normalized spacial score (nSPS) is 16.4. The van der Waals surface area contributed by atoms with Gasteiger partial charge in [-0.1, -0.05) is 12.1 Å². The molecule has 1 aromatic carbocycles. The number of hydrogen-bond acceptors (Lipinski definition) is 4. The number of hydrogen-bond donors (Lipinski definition) is 3. The number of anilines is 1. The summed E-state index contributed by atoms with van der Waals surface area (Å²) < 4.78 is 27.2. The fraction of sp³-hybridized carbons (Fsp3) is 0.538.